The van der Waals surface area contributed by atoms with E-state index in [9.17, 15) is 52.8 Å². The Labute approximate surface area is 261 Å². The van der Waals surface area contributed by atoms with Gasteiger partial charge in [-0.2, -0.15) is 13.2 Å². The van der Waals surface area contributed by atoms with Gasteiger partial charge in [0, 0.05) is 30.5 Å². The van der Waals surface area contributed by atoms with E-state index in [0.717, 1.165) is 6.92 Å². The summed E-state index contributed by atoms with van der Waals surface area (Å²) in [5.74, 6) is -12.2. The number of esters is 1. The van der Waals surface area contributed by atoms with Crippen molar-refractivity contribution in [2.75, 3.05) is 27.2 Å². The Morgan fingerprint density at radius 2 is 1.74 bits per heavy atom. The summed E-state index contributed by atoms with van der Waals surface area (Å²) in [6.07, 6.45) is -6.04. The van der Waals surface area contributed by atoms with Crippen molar-refractivity contribution in [3.8, 4) is 5.75 Å². The van der Waals surface area contributed by atoms with Crippen LogP contribution in [0.3, 0.4) is 0 Å². The maximum atomic E-state index is 14.3. The van der Waals surface area contributed by atoms with Crippen LogP contribution in [0.25, 0.3) is 5.76 Å². The Hall–Kier alpha value is -3.95. The lowest BCUT2D eigenvalue weighted by Gasteiger charge is -2.54. The van der Waals surface area contributed by atoms with Crippen LogP contribution in [0, 0.1) is 17.8 Å². The number of benzene rings is 1. The highest BCUT2D eigenvalue weighted by molar-refractivity contribution is 6.24. The van der Waals surface area contributed by atoms with Gasteiger partial charge in [-0.05, 0) is 51.5 Å². The summed E-state index contributed by atoms with van der Waals surface area (Å²) in [6.45, 7) is 2.96. The third kappa shape index (κ3) is 4.95. The molecular formula is C31H36F3N3O9. The van der Waals surface area contributed by atoms with Crippen molar-refractivity contribution >= 4 is 29.2 Å². The molecule has 0 spiro atoms. The van der Waals surface area contributed by atoms with Crippen LogP contribution < -0.4 is 5.73 Å². The molecule has 46 heavy (non-hydrogen) atoms. The van der Waals surface area contributed by atoms with Gasteiger partial charge in [-0.25, -0.2) is 0 Å². The fraction of sp³-hybridized carbons (Fsp3) is 0.548. The molecule has 0 aromatic heterocycles. The van der Waals surface area contributed by atoms with Crippen molar-refractivity contribution in [3.63, 3.8) is 0 Å². The van der Waals surface area contributed by atoms with Crippen LogP contribution in [0.15, 0.2) is 29.0 Å². The molecule has 1 aliphatic heterocycles. The Balaban J connectivity index is 1.65. The molecule has 1 heterocycles. The van der Waals surface area contributed by atoms with Gasteiger partial charge < -0.3 is 30.9 Å². The maximum absolute atomic E-state index is 14.3. The number of aliphatic hydroxyl groups excluding tert-OH is 2. The summed E-state index contributed by atoms with van der Waals surface area (Å²) in [7, 11) is 2.85. The summed E-state index contributed by atoms with van der Waals surface area (Å²) < 4.78 is 45.2. The number of primary amides is 1. The molecule has 12 nitrogen and oxygen atoms in total. The molecular weight excluding hydrogens is 615 g/mol. The summed E-state index contributed by atoms with van der Waals surface area (Å²) in [4.78, 5) is 55.6. The molecule has 15 heteroatoms. The largest absolute Gasteiger partial charge is 0.508 e. The molecule has 2 fully saturated rings. The fourth-order valence-electron chi connectivity index (χ4n) is 7.75. The molecule has 1 saturated heterocycles. The quantitative estimate of drug-likeness (QED) is 0.231. The van der Waals surface area contributed by atoms with Gasteiger partial charge in [-0.3, -0.25) is 29.0 Å². The van der Waals surface area contributed by atoms with Crippen LogP contribution in [-0.4, -0.2) is 105 Å². The number of carbonyl (C=O) groups is 4. The first-order chi connectivity index (χ1) is 21.3. The summed E-state index contributed by atoms with van der Waals surface area (Å²) in [5.41, 5.74) is 1.22. The monoisotopic (exact) mass is 651 g/mol. The number of piperidine rings is 1. The van der Waals surface area contributed by atoms with Gasteiger partial charge in [0.1, 0.15) is 28.9 Å². The number of phenols is 1. The van der Waals surface area contributed by atoms with Crippen molar-refractivity contribution in [2.45, 2.75) is 63.1 Å². The number of alkyl halides is 3. The third-order valence-electron chi connectivity index (χ3n) is 9.93. The van der Waals surface area contributed by atoms with Gasteiger partial charge in [0.2, 0.25) is 5.78 Å². The number of halogens is 3. The van der Waals surface area contributed by atoms with E-state index in [1.165, 1.54) is 19.0 Å². The first-order valence-corrected chi connectivity index (χ1v) is 14.8. The zero-order valence-corrected chi connectivity index (χ0v) is 25.6. The van der Waals surface area contributed by atoms with E-state index >= 15 is 0 Å². The molecule has 5 rings (SSSR count). The van der Waals surface area contributed by atoms with Crippen LogP contribution in [0.5, 0.6) is 5.75 Å². The lowest BCUT2D eigenvalue weighted by atomic mass is 9.54. The lowest BCUT2D eigenvalue weighted by molar-refractivity contribution is -0.185. The maximum Gasteiger partial charge on any atom is 0.391 e. The van der Waals surface area contributed by atoms with E-state index in [1.54, 1.807) is 24.0 Å². The average Bonchev–Trinajstić information content (AvgIpc) is 2.95. The number of phenolic OH excluding ortho intramolecular Hbond substituents is 1. The van der Waals surface area contributed by atoms with Crippen LogP contribution in [0.4, 0.5) is 13.2 Å². The van der Waals surface area contributed by atoms with Crippen LogP contribution >= 0.6 is 0 Å². The fourth-order valence-corrected chi connectivity index (χ4v) is 7.75. The molecule has 0 bridgehead atoms. The molecule has 3 aliphatic carbocycles. The molecule has 0 radical (unpaired) electrons. The predicted molar refractivity (Wildman–Crippen MR) is 154 cm³/mol. The molecule has 6 N–H and O–H groups in total. The Bertz CT molecular complexity index is 1580. The van der Waals surface area contributed by atoms with Crippen molar-refractivity contribution in [1.29, 1.82) is 0 Å². The first kappa shape index (κ1) is 33.4. The minimum atomic E-state index is -4.30. The highest BCUT2D eigenvalue weighted by Crippen LogP contribution is 2.57. The standard InChI is InChI=1S/C31H36F3N3O9/c1-12-16-6-5-14(11-37-9-7-15(8-10-37)31(32,33)34)23(39)18(16)24(40)19-17(12)26(46-13(2)38)21-22(36(3)4)25(41)20(29(35)44)28(43)30(21,45)27(19)42/h5-6,12,15,17,21-22,26,39-40,43,45H,7-11H2,1-4H3,(H2,35,44)/t12-,17+,21+,22-,26-,30-/m0/s1. The van der Waals surface area contributed by atoms with Crippen LogP contribution in [-0.2, 0) is 30.5 Å². The third-order valence-corrected chi connectivity index (χ3v) is 9.93. The second kappa shape index (κ2) is 11.4. The Morgan fingerprint density at radius 3 is 2.26 bits per heavy atom. The number of aliphatic hydroxyl groups is 3. The Morgan fingerprint density at radius 1 is 1.13 bits per heavy atom. The highest BCUT2D eigenvalue weighted by atomic mass is 19.4. The number of likely N-dealkylation sites (N-methyl/N-ethyl adjacent to an activating group) is 1. The molecule has 1 aromatic rings. The number of ether oxygens (including phenoxy) is 1. The van der Waals surface area contributed by atoms with E-state index in [-0.39, 0.29) is 43.6 Å². The topological polar surface area (TPSA) is 191 Å². The van der Waals surface area contributed by atoms with E-state index in [0.29, 0.717) is 5.56 Å². The number of hydrogen-bond acceptors (Lipinski definition) is 11. The molecule has 1 aromatic carbocycles. The van der Waals surface area contributed by atoms with Crippen molar-refractivity contribution in [3.05, 3.63) is 45.7 Å². The smallest absolute Gasteiger partial charge is 0.391 e. The van der Waals surface area contributed by atoms with Gasteiger partial charge in [0.25, 0.3) is 5.91 Å². The summed E-state index contributed by atoms with van der Waals surface area (Å²) in [5, 5.41) is 46.3. The zero-order valence-electron chi connectivity index (χ0n) is 25.6. The van der Waals surface area contributed by atoms with Gasteiger partial charge in [0.05, 0.1) is 23.4 Å². The number of carbonyl (C=O) groups excluding carboxylic acids is 4. The number of fused-ring (bicyclic) bond motifs is 3. The van der Waals surface area contributed by atoms with Crippen LogP contribution in [0.1, 0.15) is 49.3 Å². The minimum Gasteiger partial charge on any atom is -0.508 e. The number of nitrogens with two attached hydrogens (primary N) is 1. The molecule has 250 valence electrons. The number of Topliss-reactive ketones (excluding diaryl/α,β-unsaturated/α-hetero) is 2. The summed E-state index contributed by atoms with van der Waals surface area (Å²) in [6, 6.07) is 1.66. The van der Waals surface area contributed by atoms with Crippen LogP contribution in [0.2, 0.25) is 0 Å². The number of aromatic hydroxyl groups is 1. The van der Waals surface area contributed by atoms with Crippen molar-refractivity contribution in [1.82, 2.24) is 9.80 Å². The minimum absolute atomic E-state index is 0.0399. The lowest BCUT2D eigenvalue weighted by Crippen LogP contribution is -2.71. The van der Waals surface area contributed by atoms with Crippen molar-refractivity contribution in [2.24, 2.45) is 23.5 Å². The number of likely N-dealkylation sites (tertiary alicyclic amines) is 1. The highest BCUT2D eigenvalue weighted by Gasteiger charge is 2.69. The second-order valence-electron chi connectivity index (χ2n) is 12.8. The molecule has 4 aliphatic rings. The second-order valence-corrected chi connectivity index (χ2v) is 12.8. The molecule has 0 unspecified atom stereocenters. The van der Waals surface area contributed by atoms with E-state index in [2.05, 4.69) is 0 Å². The average molecular weight is 652 g/mol. The Kier molecular flexibility index (Phi) is 8.27. The van der Waals surface area contributed by atoms with E-state index < -0.39 is 99.5 Å². The molecule has 6 atom stereocenters. The normalized spacial score (nSPS) is 30.7. The van der Waals surface area contributed by atoms with E-state index in [1.807, 2.05) is 0 Å². The zero-order chi connectivity index (χ0) is 34.2. The van der Waals surface area contributed by atoms with Gasteiger partial charge in [-0.15, -0.1) is 0 Å². The van der Waals surface area contributed by atoms with Gasteiger partial charge in [0.15, 0.2) is 11.4 Å². The van der Waals surface area contributed by atoms with Gasteiger partial charge >= 0.3 is 12.1 Å². The molecule has 1 amide bonds. The number of ketones is 2. The SMILES string of the molecule is CC(=O)O[C@H]1[C@H]2C(=C(O)c3c(ccc(CN4CCC(C(F)(F)F)CC4)c3O)[C@@H]2C)C(=O)[C@]2(O)C(O)=C(C(N)=O)C(=O)[C@@H](N(C)C)[C@H]12. The summed E-state index contributed by atoms with van der Waals surface area (Å²) >= 11 is 0. The number of amides is 1. The number of rotatable bonds is 5. The predicted octanol–water partition coefficient (Wildman–Crippen LogP) is 1.84. The number of nitrogens with zero attached hydrogens (tertiary/aromatic N) is 2. The number of hydrogen-bond donors (Lipinski definition) is 5. The first-order valence-electron chi connectivity index (χ1n) is 14.8. The van der Waals surface area contributed by atoms with E-state index in [4.69, 9.17) is 10.5 Å². The molecule has 1 saturated carbocycles. The van der Waals surface area contributed by atoms with Crippen molar-refractivity contribution < 1.29 is 57.5 Å². The van der Waals surface area contributed by atoms with Gasteiger partial charge in [-0.1, -0.05) is 19.1 Å².